The van der Waals surface area contributed by atoms with Crippen molar-refractivity contribution in [2.75, 3.05) is 6.54 Å². The molecular formula is C13H17Br2N3S. The van der Waals surface area contributed by atoms with Crippen molar-refractivity contribution in [1.82, 2.24) is 15.1 Å². The molecule has 3 nitrogen and oxygen atoms in total. The smallest absolute Gasteiger partial charge is 0.0843 e. The number of halogens is 2. The second-order valence-electron chi connectivity index (χ2n) is 4.51. The maximum Gasteiger partial charge on any atom is 0.0843 e. The Hall–Kier alpha value is -0.170. The number of hydrogen-bond donors (Lipinski definition) is 1. The van der Waals surface area contributed by atoms with Crippen LogP contribution < -0.4 is 5.32 Å². The summed E-state index contributed by atoms with van der Waals surface area (Å²) in [7, 11) is 0. The Bertz CT molecular complexity index is 529. The van der Waals surface area contributed by atoms with Gasteiger partial charge in [0.15, 0.2) is 0 Å². The standard InChI is InChI=1S/C13H17Br2N3S/c1-9-6-10(2)18(17-9)5-3-4-16-8-11-7-12(14)13(15)19-11/h6-7,16H,3-5,8H2,1-2H3. The van der Waals surface area contributed by atoms with Crippen LogP contribution in [0, 0.1) is 13.8 Å². The van der Waals surface area contributed by atoms with Crippen LogP contribution in [0.25, 0.3) is 0 Å². The highest BCUT2D eigenvalue weighted by Gasteiger charge is 2.04. The molecule has 2 aromatic heterocycles. The highest BCUT2D eigenvalue weighted by Crippen LogP contribution is 2.32. The van der Waals surface area contributed by atoms with E-state index in [0.29, 0.717) is 0 Å². The van der Waals surface area contributed by atoms with Crippen molar-refractivity contribution in [3.63, 3.8) is 0 Å². The Balaban J connectivity index is 1.68. The zero-order chi connectivity index (χ0) is 13.8. The fraction of sp³-hybridized carbons (Fsp3) is 0.462. The fourth-order valence-corrected chi connectivity index (χ4v) is 4.09. The van der Waals surface area contributed by atoms with Gasteiger partial charge in [-0.05, 0) is 70.8 Å². The molecule has 19 heavy (non-hydrogen) atoms. The lowest BCUT2D eigenvalue weighted by Crippen LogP contribution is -2.16. The van der Waals surface area contributed by atoms with Crippen LogP contribution in [0.4, 0.5) is 0 Å². The van der Waals surface area contributed by atoms with Gasteiger partial charge in [0.2, 0.25) is 0 Å². The molecule has 0 saturated heterocycles. The molecule has 0 bridgehead atoms. The first kappa shape index (κ1) is 15.2. The van der Waals surface area contributed by atoms with Crippen molar-refractivity contribution < 1.29 is 0 Å². The van der Waals surface area contributed by atoms with Gasteiger partial charge in [-0.3, -0.25) is 4.68 Å². The Labute approximate surface area is 134 Å². The molecule has 0 unspecified atom stereocenters. The molecule has 0 saturated carbocycles. The number of aromatic nitrogens is 2. The molecule has 0 spiro atoms. The molecule has 1 N–H and O–H groups in total. The monoisotopic (exact) mass is 405 g/mol. The minimum absolute atomic E-state index is 0.923. The van der Waals surface area contributed by atoms with E-state index in [1.807, 2.05) is 6.92 Å². The lowest BCUT2D eigenvalue weighted by Gasteiger charge is -2.05. The molecule has 0 radical (unpaired) electrons. The molecule has 2 aromatic rings. The number of thiophene rings is 1. The van der Waals surface area contributed by atoms with Crippen LogP contribution in [0.2, 0.25) is 0 Å². The molecule has 0 atom stereocenters. The predicted octanol–water partition coefficient (Wildman–Crippen LogP) is 4.27. The molecule has 2 heterocycles. The van der Waals surface area contributed by atoms with Gasteiger partial charge in [0.1, 0.15) is 0 Å². The van der Waals surface area contributed by atoms with Crippen molar-refractivity contribution in [3.05, 3.63) is 36.7 Å². The summed E-state index contributed by atoms with van der Waals surface area (Å²) in [6, 6.07) is 4.27. The summed E-state index contributed by atoms with van der Waals surface area (Å²) in [5.74, 6) is 0. The van der Waals surface area contributed by atoms with Gasteiger partial charge in [0.25, 0.3) is 0 Å². The summed E-state index contributed by atoms with van der Waals surface area (Å²) >= 11 is 8.78. The molecule has 0 aromatic carbocycles. The molecule has 0 amide bonds. The normalized spacial score (nSPS) is 11.2. The highest BCUT2D eigenvalue weighted by molar-refractivity contribution is 9.13. The SMILES string of the molecule is Cc1cc(C)n(CCCNCc2cc(Br)c(Br)s2)n1. The third kappa shape index (κ3) is 4.41. The number of nitrogens with zero attached hydrogens (tertiary/aromatic N) is 2. The van der Waals surface area contributed by atoms with E-state index >= 15 is 0 Å². The van der Waals surface area contributed by atoms with E-state index in [4.69, 9.17) is 0 Å². The van der Waals surface area contributed by atoms with Gasteiger partial charge >= 0.3 is 0 Å². The first-order valence-corrected chi connectivity index (χ1v) is 8.62. The van der Waals surface area contributed by atoms with Gasteiger partial charge < -0.3 is 5.32 Å². The summed E-state index contributed by atoms with van der Waals surface area (Å²) in [6.45, 7) is 7.05. The van der Waals surface area contributed by atoms with Crippen LogP contribution in [-0.2, 0) is 13.1 Å². The molecule has 0 aliphatic heterocycles. The molecule has 0 fully saturated rings. The number of aryl methyl sites for hydroxylation is 3. The van der Waals surface area contributed by atoms with Crippen molar-refractivity contribution in [3.8, 4) is 0 Å². The van der Waals surface area contributed by atoms with Crippen LogP contribution in [0.5, 0.6) is 0 Å². The van der Waals surface area contributed by atoms with Crippen molar-refractivity contribution in [1.29, 1.82) is 0 Å². The zero-order valence-electron chi connectivity index (χ0n) is 11.0. The molecule has 0 aliphatic rings. The molecular weight excluding hydrogens is 390 g/mol. The minimum atomic E-state index is 0.923. The van der Waals surface area contributed by atoms with E-state index in [-0.39, 0.29) is 0 Å². The lowest BCUT2D eigenvalue weighted by molar-refractivity contribution is 0.533. The highest BCUT2D eigenvalue weighted by atomic mass is 79.9. The van der Waals surface area contributed by atoms with Crippen LogP contribution in [0.1, 0.15) is 22.7 Å². The summed E-state index contributed by atoms with van der Waals surface area (Å²) in [4.78, 5) is 1.34. The van der Waals surface area contributed by atoms with E-state index < -0.39 is 0 Å². The molecule has 0 aliphatic carbocycles. The number of rotatable bonds is 6. The number of nitrogens with one attached hydrogen (secondary N) is 1. The third-order valence-electron chi connectivity index (χ3n) is 2.82. The lowest BCUT2D eigenvalue weighted by atomic mass is 10.3. The van der Waals surface area contributed by atoms with Crippen molar-refractivity contribution in [2.24, 2.45) is 0 Å². The van der Waals surface area contributed by atoms with E-state index in [9.17, 15) is 0 Å². The average Bonchev–Trinajstić information content (AvgIpc) is 2.82. The zero-order valence-corrected chi connectivity index (χ0v) is 15.0. The fourth-order valence-electron chi connectivity index (χ4n) is 1.95. The van der Waals surface area contributed by atoms with Gasteiger partial charge in [-0.1, -0.05) is 0 Å². The number of hydrogen-bond acceptors (Lipinski definition) is 3. The second kappa shape index (κ2) is 7.02. The summed E-state index contributed by atoms with van der Waals surface area (Å²) in [6.07, 6.45) is 1.09. The Kier molecular flexibility index (Phi) is 5.62. The largest absolute Gasteiger partial charge is 0.312 e. The van der Waals surface area contributed by atoms with Crippen molar-refractivity contribution in [2.45, 2.75) is 33.4 Å². The second-order valence-corrected chi connectivity index (χ2v) is 7.82. The van der Waals surface area contributed by atoms with Gasteiger partial charge in [0, 0.05) is 28.1 Å². The topological polar surface area (TPSA) is 29.9 Å². The quantitative estimate of drug-likeness (QED) is 0.726. The molecule has 104 valence electrons. The van der Waals surface area contributed by atoms with E-state index in [2.05, 4.69) is 66.0 Å². The summed E-state index contributed by atoms with van der Waals surface area (Å²) in [5, 5.41) is 7.93. The maximum absolute atomic E-state index is 4.46. The Morgan fingerprint density at radius 3 is 2.68 bits per heavy atom. The Morgan fingerprint density at radius 2 is 2.11 bits per heavy atom. The van der Waals surface area contributed by atoms with Crippen LogP contribution in [0.3, 0.4) is 0 Å². The van der Waals surface area contributed by atoms with Gasteiger partial charge in [0.05, 0.1) is 9.48 Å². The first-order valence-electron chi connectivity index (χ1n) is 6.22. The molecule has 6 heteroatoms. The van der Waals surface area contributed by atoms with Crippen LogP contribution in [-0.4, -0.2) is 16.3 Å². The van der Waals surface area contributed by atoms with Crippen LogP contribution in [0.15, 0.2) is 20.4 Å². The van der Waals surface area contributed by atoms with E-state index in [1.165, 1.54) is 10.6 Å². The van der Waals surface area contributed by atoms with E-state index in [1.54, 1.807) is 11.3 Å². The molecule has 2 rings (SSSR count). The minimum Gasteiger partial charge on any atom is -0.312 e. The maximum atomic E-state index is 4.46. The van der Waals surface area contributed by atoms with Gasteiger partial charge in [-0.2, -0.15) is 5.10 Å². The Morgan fingerprint density at radius 1 is 1.32 bits per heavy atom. The van der Waals surface area contributed by atoms with Gasteiger partial charge in [-0.15, -0.1) is 11.3 Å². The third-order valence-corrected chi connectivity index (χ3v) is 6.08. The summed E-state index contributed by atoms with van der Waals surface area (Å²) < 4.78 is 4.37. The first-order chi connectivity index (χ1) is 9.06. The predicted molar refractivity (Wildman–Crippen MR) is 87.7 cm³/mol. The van der Waals surface area contributed by atoms with Gasteiger partial charge in [-0.25, -0.2) is 0 Å². The summed E-state index contributed by atoms with van der Waals surface area (Å²) in [5.41, 5.74) is 2.34. The van der Waals surface area contributed by atoms with Crippen molar-refractivity contribution >= 4 is 43.2 Å². The average molecular weight is 407 g/mol. The van der Waals surface area contributed by atoms with Crippen LogP contribution >= 0.6 is 43.2 Å². The van der Waals surface area contributed by atoms with E-state index in [0.717, 1.165) is 40.0 Å².